The largest absolute Gasteiger partial charge is 0.480 e. The number of hydrogen-bond donors (Lipinski definition) is 1. The summed E-state index contributed by atoms with van der Waals surface area (Å²) in [5.41, 5.74) is -2.40. The predicted molar refractivity (Wildman–Crippen MR) is 71.3 cm³/mol. The molecule has 1 N–H and O–H groups in total. The molecular weight excluding hydrogens is 342 g/mol. The summed E-state index contributed by atoms with van der Waals surface area (Å²) < 4.78 is 76.0. The van der Waals surface area contributed by atoms with Gasteiger partial charge in [-0.1, -0.05) is 0 Å². The molecule has 1 aromatic rings. The highest BCUT2D eigenvalue weighted by Crippen LogP contribution is 2.35. The number of aliphatic carboxylic acids is 1. The van der Waals surface area contributed by atoms with Crippen LogP contribution in [-0.4, -0.2) is 29.8 Å². The summed E-state index contributed by atoms with van der Waals surface area (Å²) in [6.45, 7) is 0.227. The number of anilines is 1. The van der Waals surface area contributed by atoms with Crippen LogP contribution in [0.25, 0.3) is 0 Å². The maximum atomic E-state index is 12.9. The number of nitriles is 1. The monoisotopic (exact) mass is 354 g/mol. The Morgan fingerprint density at radius 1 is 1.29 bits per heavy atom. The van der Waals surface area contributed by atoms with E-state index in [0.717, 1.165) is 19.1 Å². The van der Waals surface area contributed by atoms with E-state index in [-0.39, 0.29) is 5.69 Å². The molecule has 0 aromatic heterocycles. The second-order valence-electron chi connectivity index (χ2n) is 4.91. The van der Waals surface area contributed by atoms with Crippen molar-refractivity contribution in [2.75, 3.05) is 11.4 Å². The molecule has 0 spiro atoms. The minimum atomic E-state index is -4.90. The zero-order valence-corrected chi connectivity index (χ0v) is 12.2. The van der Waals surface area contributed by atoms with E-state index in [9.17, 15) is 31.1 Å². The molecule has 0 aliphatic rings. The van der Waals surface area contributed by atoms with Gasteiger partial charge in [0.15, 0.2) is 0 Å². The van der Waals surface area contributed by atoms with Crippen molar-refractivity contribution in [3.05, 3.63) is 29.3 Å². The predicted octanol–water partition coefficient (Wildman–Crippen LogP) is 3.81. The SMILES string of the molecule is CC(C(=O)O)N(CCC(F)(F)F)c1ccc(C#N)c(C(F)(F)F)c1. The molecule has 0 heterocycles. The van der Waals surface area contributed by atoms with Gasteiger partial charge in [-0.15, -0.1) is 0 Å². The Morgan fingerprint density at radius 3 is 2.29 bits per heavy atom. The van der Waals surface area contributed by atoms with Gasteiger partial charge in [0.2, 0.25) is 0 Å². The molecule has 0 bridgehead atoms. The van der Waals surface area contributed by atoms with Gasteiger partial charge in [0, 0.05) is 12.2 Å². The average molecular weight is 354 g/mol. The van der Waals surface area contributed by atoms with E-state index in [1.165, 1.54) is 6.07 Å². The molecule has 0 aliphatic heterocycles. The van der Waals surface area contributed by atoms with E-state index < -0.39 is 48.5 Å². The first-order valence-electron chi connectivity index (χ1n) is 6.54. The molecule has 0 radical (unpaired) electrons. The van der Waals surface area contributed by atoms with Gasteiger partial charge in [-0.3, -0.25) is 0 Å². The van der Waals surface area contributed by atoms with Crippen molar-refractivity contribution in [1.29, 1.82) is 5.26 Å². The minimum Gasteiger partial charge on any atom is -0.480 e. The van der Waals surface area contributed by atoms with Gasteiger partial charge in [0.25, 0.3) is 0 Å². The number of carboxylic acid groups (broad SMARTS) is 1. The Hall–Kier alpha value is -2.44. The summed E-state index contributed by atoms with van der Waals surface area (Å²) in [4.78, 5) is 11.7. The van der Waals surface area contributed by atoms with Gasteiger partial charge in [-0.05, 0) is 25.1 Å². The first-order chi connectivity index (χ1) is 10.9. The standard InChI is InChI=1S/C14H12F6N2O2/c1-8(12(23)24)22(5-4-13(15,16)17)10-3-2-9(7-21)11(6-10)14(18,19)20/h2-3,6,8H,4-5H2,1H3,(H,23,24). The minimum absolute atomic E-state index is 0.361. The highest BCUT2D eigenvalue weighted by atomic mass is 19.4. The summed E-state index contributed by atoms with van der Waals surface area (Å²) in [6, 6.07) is 2.13. The Morgan fingerprint density at radius 2 is 1.88 bits per heavy atom. The van der Waals surface area contributed by atoms with Crippen LogP contribution >= 0.6 is 0 Å². The molecule has 0 saturated heterocycles. The molecule has 0 saturated carbocycles. The first kappa shape index (κ1) is 19.6. The van der Waals surface area contributed by atoms with Crippen LogP contribution in [0.2, 0.25) is 0 Å². The van der Waals surface area contributed by atoms with Crippen molar-refractivity contribution < 1.29 is 36.2 Å². The molecule has 4 nitrogen and oxygen atoms in total. The Bertz CT molecular complexity index is 648. The summed E-state index contributed by atoms with van der Waals surface area (Å²) in [7, 11) is 0. The van der Waals surface area contributed by atoms with Gasteiger partial charge in [-0.2, -0.15) is 31.6 Å². The molecule has 1 unspecified atom stereocenters. The van der Waals surface area contributed by atoms with Crippen molar-refractivity contribution in [3.63, 3.8) is 0 Å². The fourth-order valence-corrected chi connectivity index (χ4v) is 1.97. The van der Waals surface area contributed by atoms with E-state index in [4.69, 9.17) is 10.4 Å². The normalized spacial score (nSPS) is 13.2. The van der Waals surface area contributed by atoms with Crippen LogP contribution in [0.1, 0.15) is 24.5 Å². The molecular formula is C14H12F6N2O2. The molecule has 0 aliphatic carbocycles. The number of carboxylic acids is 1. The topological polar surface area (TPSA) is 64.3 Å². The quantitative estimate of drug-likeness (QED) is 0.817. The molecule has 132 valence electrons. The van der Waals surface area contributed by atoms with Gasteiger partial charge in [0.05, 0.1) is 23.6 Å². The average Bonchev–Trinajstić information content (AvgIpc) is 2.44. The van der Waals surface area contributed by atoms with Crippen LogP contribution in [0.15, 0.2) is 18.2 Å². The van der Waals surface area contributed by atoms with E-state index >= 15 is 0 Å². The zero-order valence-electron chi connectivity index (χ0n) is 12.2. The number of benzene rings is 1. The second-order valence-corrected chi connectivity index (χ2v) is 4.91. The van der Waals surface area contributed by atoms with E-state index in [1.54, 1.807) is 0 Å². The van der Waals surface area contributed by atoms with Crippen molar-refractivity contribution in [2.45, 2.75) is 31.7 Å². The van der Waals surface area contributed by atoms with Crippen molar-refractivity contribution in [1.82, 2.24) is 0 Å². The molecule has 1 rings (SSSR count). The van der Waals surface area contributed by atoms with Crippen LogP contribution in [0.4, 0.5) is 32.0 Å². The number of nitrogens with zero attached hydrogens (tertiary/aromatic N) is 2. The van der Waals surface area contributed by atoms with E-state index in [1.807, 2.05) is 0 Å². The summed E-state index contributed by atoms with van der Waals surface area (Å²) in [5.74, 6) is -1.49. The smallest absolute Gasteiger partial charge is 0.417 e. The molecule has 24 heavy (non-hydrogen) atoms. The van der Waals surface area contributed by atoms with Crippen LogP contribution in [0, 0.1) is 11.3 Å². The number of carbonyl (C=O) groups is 1. The fraction of sp³-hybridized carbons (Fsp3) is 0.429. The molecule has 1 atom stereocenters. The van der Waals surface area contributed by atoms with Gasteiger partial charge in [-0.25, -0.2) is 4.79 Å². The Kier molecular flexibility index (Phi) is 5.71. The maximum Gasteiger partial charge on any atom is 0.417 e. The third-order valence-corrected chi connectivity index (χ3v) is 3.22. The zero-order chi connectivity index (χ0) is 18.7. The lowest BCUT2D eigenvalue weighted by molar-refractivity contribution is -0.140. The lowest BCUT2D eigenvalue weighted by Crippen LogP contribution is -2.41. The molecule has 0 amide bonds. The van der Waals surface area contributed by atoms with E-state index in [0.29, 0.717) is 11.0 Å². The van der Waals surface area contributed by atoms with E-state index in [2.05, 4.69) is 0 Å². The summed E-state index contributed by atoms with van der Waals surface area (Å²) in [5, 5.41) is 17.7. The van der Waals surface area contributed by atoms with Crippen LogP contribution < -0.4 is 4.90 Å². The van der Waals surface area contributed by atoms with Crippen LogP contribution in [0.3, 0.4) is 0 Å². The number of halogens is 6. The Labute approximate surface area is 132 Å². The molecule has 0 fully saturated rings. The van der Waals surface area contributed by atoms with Gasteiger partial charge < -0.3 is 10.0 Å². The lowest BCUT2D eigenvalue weighted by Gasteiger charge is -2.29. The Balaban J connectivity index is 3.32. The molecule has 1 aromatic carbocycles. The third-order valence-electron chi connectivity index (χ3n) is 3.22. The second kappa shape index (κ2) is 6.98. The van der Waals surface area contributed by atoms with Crippen molar-refractivity contribution in [3.8, 4) is 6.07 Å². The van der Waals surface area contributed by atoms with Gasteiger partial charge in [0.1, 0.15) is 6.04 Å². The van der Waals surface area contributed by atoms with Gasteiger partial charge >= 0.3 is 18.3 Å². The maximum absolute atomic E-state index is 12.9. The third kappa shape index (κ3) is 5.04. The number of hydrogen-bond acceptors (Lipinski definition) is 3. The fourth-order valence-electron chi connectivity index (χ4n) is 1.97. The summed E-state index contributed by atoms with van der Waals surface area (Å²) in [6.07, 6.45) is -10.9. The van der Waals surface area contributed by atoms with Crippen LogP contribution in [0.5, 0.6) is 0 Å². The van der Waals surface area contributed by atoms with Crippen molar-refractivity contribution in [2.24, 2.45) is 0 Å². The highest BCUT2D eigenvalue weighted by molar-refractivity contribution is 5.78. The van der Waals surface area contributed by atoms with Crippen LogP contribution in [-0.2, 0) is 11.0 Å². The lowest BCUT2D eigenvalue weighted by atomic mass is 10.1. The number of rotatable bonds is 5. The highest BCUT2D eigenvalue weighted by Gasteiger charge is 2.36. The summed E-state index contributed by atoms with van der Waals surface area (Å²) >= 11 is 0. The van der Waals surface area contributed by atoms with Crippen molar-refractivity contribution >= 4 is 11.7 Å². The first-order valence-corrected chi connectivity index (χ1v) is 6.54. The molecule has 10 heteroatoms. The number of alkyl halides is 6.